The smallest absolute Gasteiger partial charge is 0.408 e. The van der Waals surface area contributed by atoms with Crippen LogP contribution in [0.2, 0.25) is 0 Å². The molecule has 0 aliphatic rings. The SMILES string of the molecule is CCCCCCN(C(=O)C(NC(=O)OC(C)(C)C)C(C)CC)C(C(=O)NCC(=O)OC)c1ccc(CC)cc1. The maximum absolute atomic E-state index is 14.2. The number of methoxy groups -OCH3 is 1. The first-order valence-electron chi connectivity index (χ1n) is 14.1. The predicted octanol–water partition coefficient (Wildman–Crippen LogP) is 4.93. The number of ether oxygens (including phenoxy) is 2. The van der Waals surface area contributed by atoms with Gasteiger partial charge in [-0.05, 0) is 50.7 Å². The third-order valence-corrected chi connectivity index (χ3v) is 6.59. The molecule has 0 radical (unpaired) electrons. The maximum atomic E-state index is 14.2. The summed E-state index contributed by atoms with van der Waals surface area (Å²) >= 11 is 0. The van der Waals surface area contributed by atoms with Gasteiger partial charge in [-0.25, -0.2) is 4.79 Å². The van der Waals surface area contributed by atoms with Gasteiger partial charge in [-0.15, -0.1) is 0 Å². The fourth-order valence-corrected chi connectivity index (χ4v) is 4.11. The highest BCUT2D eigenvalue weighted by molar-refractivity contribution is 5.93. The molecule has 1 aromatic rings. The van der Waals surface area contributed by atoms with E-state index in [-0.39, 0.29) is 18.4 Å². The Kier molecular flexibility index (Phi) is 14.6. The summed E-state index contributed by atoms with van der Waals surface area (Å²) in [6.45, 7) is 13.2. The van der Waals surface area contributed by atoms with Gasteiger partial charge in [-0.1, -0.05) is 77.6 Å². The molecule has 0 aliphatic heterocycles. The Balaban J connectivity index is 3.52. The highest BCUT2D eigenvalue weighted by atomic mass is 16.6. The number of amides is 3. The second kappa shape index (κ2) is 16.8. The zero-order chi connectivity index (χ0) is 29.6. The molecule has 39 heavy (non-hydrogen) atoms. The Hall–Kier alpha value is -3.10. The van der Waals surface area contributed by atoms with E-state index in [1.807, 2.05) is 45.0 Å². The summed E-state index contributed by atoms with van der Waals surface area (Å²) in [7, 11) is 1.25. The number of alkyl carbamates (subject to hydrolysis) is 1. The van der Waals surface area contributed by atoms with E-state index in [4.69, 9.17) is 4.74 Å². The molecule has 0 saturated carbocycles. The molecule has 2 N–H and O–H groups in total. The van der Waals surface area contributed by atoms with E-state index >= 15 is 0 Å². The van der Waals surface area contributed by atoms with Crippen molar-refractivity contribution >= 4 is 23.9 Å². The van der Waals surface area contributed by atoms with Crippen molar-refractivity contribution in [2.24, 2.45) is 5.92 Å². The van der Waals surface area contributed by atoms with Crippen molar-refractivity contribution in [2.45, 2.75) is 105 Å². The third-order valence-electron chi connectivity index (χ3n) is 6.59. The summed E-state index contributed by atoms with van der Waals surface area (Å²) in [4.78, 5) is 53.9. The molecule has 1 aromatic carbocycles. The number of nitrogens with one attached hydrogen (secondary N) is 2. The second-order valence-electron chi connectivity index (χ2n) is 10.9. The van der Waals surface area contributed by atoms with Crippen LogP contribution in [-0.4, -0.2) is 60.6 Å². The van der Waals surface area contributed by atoms with Crippen LogP contribution in [0.3, 0.4) is 0 Å². The van der Waals surface area contributed by atoms with Crippen molar-refractivity contribution < 1.29 is 28.7 Å². The molecule has 0 aromatic heterocycles. The van der Waals surface area contributed by atoms with Gasteiger partial charge in [0.05, 0.1) is 7.11 Å². The van der Waals surface area contributed by atoms with Crippen LogP contribution in [0, 0.1) is 5.92 Å². The molecule has 3 unspecified atom stereocenters. The van der Waals surface area contributed by atoms with Crippen LogP contribution in [0.15, 0.2) is 24.3 Å². The molecule has 0 fully saturated rings. The van der Waals surface area contributed by atoms with Gasteiger partial charge < -0.3 is 25.0 Å². The molecule has 220 valence electrons. The molecule has 9 heteroatoms. The molecule has 3 amide bonds. The maximum Gasteiger partial charge on any atom is 0.408 e. The average molecular weight is 548 g/mol. The summed E-state index contributed by atoms with van der Waals surface area (Å²) in [5.74, 6) is -1.67. The number of rotatable bonds is 15. The molecule has 0 saturated heterocycles. The third kappa shape index (κ3) is 11.7. The molecule has 1 rings (SSSR count). The molecule has 9 nitrogen and oxygen atoms in total. The zero-order valence-corrected chi connectivity index (χ0v) is 25.1. The predicted molar refractivity (Wildman–Crippen MR) is 152 cm³/mol. The van der Waals surface area contributed by atoms with Gasteiger partial charge in [-0.2, -0.15) is 0 Å². The Morgan fingerprint density at radius 2 is 1.62 bits per heavy atom. The lowest BCUT2D eigenvalue weighted by Crippen LogP contribution is -2.55. The highest BCUT2D eigenvalue weighted by Gasteiger charge is 2.38. The second-order valence-corrected chi connectivity index (χ2v) is 10.9. The van der Waals surface area contributed by atoms with Gasteiger partial charge in [-0.3, -0.25) is 14.4 Å². The van der Waals surface area contributed by atoms with Crippen LogP contribution in [0.4, 0.5) is 4.79 Å². The summed E-state index contributed by atoms with van der Waals surface area (Å²) in [6.07, 6.45) is 4.36. The van der Waals surface area contributed by atoms with Crippen molar-refractivity contribution in [1.29, 1.82) is 0 Å². The van der Waals surface area contributed by atoms with Gasteiger partial charge in [0.1, 0.15) is 24.2 Å². The molecule has 0 bridgehead atoms. The van der Waals surface area contributed by atoms with Crippen LogP contribution in [-0.2, 0) is 30.3 Å². The number of aryl methyl sites for hydroxylation is 1. The van der Waals surface area contributed by atoms with Gasteiger partial charge in [0, 0.05) is 6.54 Å². The van der Waals surface area contributed by atoms with E-state index in [0.717, 1.165) is 31.2 Å². The molecule has 0 aliphatic carbocycles. The number of esters is 1. The lowest BCUT2D eigenvalue weighted by atomic mass is 9.95. The Bertz CT molecular complexity index is 926. The lowest BCUT2D eigenvalue weighted by molar-refractivity contribution is -0.145. The van der Waals surface area contributed by atoms with E-state index < -0.39 is 35.7 Å². The van der Waals surface area contributed by atoms with Crippen LogP contribution in [0.1, 0.15) is 97.7 Å². The number of hydrogen-bond acceptors (Lipinski definition) is 6. The number of benzene rings is 1. The first kappa shape index (κ1) is 33.9. The Morgan fingerprint density at radius 1 is 0.974 bits per heavy atom. The largest absolute Gasteiger partial charge is 0.468 e. The van der Waals surface area contributed by atoms with Crippen molar-refractivity contribution in [3.05, 3.63) is 35.4 Å². The highest BCUT2D eigenvalue weighted by Crippen LogP contribution is 2.26. The fraction of sp³-hybridized carbons (Fsp3) is 0.667. The average Bonchev–Trinajstić information content (AvgIpc) is 2.90. The van der Waals surface area contributed by atoms with E-state index in [1.54, 1.807) is 20.8 Å². The lowest BCUT2D eigenvalue weighted by Gasteiger charge is -2.36. The van der Waals surface area contributed by atoms with E-state index in [2.05, 4.69) is 22.3 Å². The van der Waals surface area contributed by atoms with Crippen LogP contribution >= 0.6 is 0 Å². The Morgan fingerprint density at radius 3 is 2.13 bits per heavy atom. The van der Waals surface area contributed by atoms with Crippen molar-refractivity contribution in [3.8, 4) is 0 Å². The van der Waals surface area contributed by atoms with E-state index in [0.29, 0.717) is 24.9 Å². The number of unbranched alkanes of at least 4 members (excludes halogenated alkanes) is 3. The standard InChI is InChI=1S/C30H49N3O6/c1-9-12-13-14-19-33(28(36)25(21(4)10-2)32-29(37)39-30(5,6)7)26(27(35)31-20-24(34)38-8)23-17-15-22(11-3)16-18-23/h15-18,21,25-26H,9-14,19-20H2,1-8H3,(H,31,35)(H,32,37). The minimum absolute atomic E-state index is 0.218. The van der Waals surface area contributed by atoms with Gasteiger partial charge in [0.25, 0.3) is 0 Å². The number of nitrogens with zero attached hydrogens (tertiary/aromatic N) is 1. The number of carbonyl (C=O) groups excluding carboxylic acids is 4. The zero-order valence-electron chi connectivity index (χ0n) is 25.1. The van der Waals surface area contributed by atoms with Crippen LogP contribution in [0.25, 0.3) is 0 Å². The first-order valence-corrected chi connectivity index (χ1v) is 14.1. The monoisotopic (exact) mass is 547 g/mol. The Labute approximate surface area is 234 Å². The topological polar surface area (TPSA) is 114 Å². The normalized spacial score (nSPS) is 13.5. The van der Waals surface area contributed by atoms with Gasteiger partial charge >= 0.3 is 12.1 Å². The fourth-order valence-electron chi connectivity index (χ4n) is 4.11. The number of hydrogen-bond donors (Lipinski definition) is 2. The van der Waals surface area contributed by atoms with Crippen LogP contribution < -0.4 is 10.6 Å². The number of carbonyl (C=O) groups is 4. The van der Waals surface area contributed by atoms with Crippen molar-refractivity contribution in [1.82, 2.24) is 15.5 Å². The molecular formula is C30H49N3O6. The molecule has 0 spiro atoms. The summed E-state index contributed by atoms with van der Waals surface area (Å²) < 4.78 is 10.1. The van der Waals surface area contributed by atoms with Crippen molar-refractivity contribution in [3.63, 3.8) is 0 Å². The van der Waals surface area contributed by atoms with Crippen LogP contribution in [0.5, 0.6) is 0 Å². The summed E-state index contributed by atoms with van der Waals surface area (Å²) in [6, 6.07) is 5.64. The first-order chi connectivity index (χ1) is 18.4. The van der Waals surface area contributed by atoms with E-state index in [9.17, 15) is 19.2 Å². The van der Waals surface area contributed by atoms with Gasteiger partial charge in [0.15, 0.2) is 0 Å². The minimum Gasteiger partial charge on any atom is -0.468 e. The minimum atomic E-state index is -0.998. The van der Waals surface area contributed by atoms with E-state index in [1.165, 1.54) is 12.0 Å². The molecule has 0 heterocycles. The summed E-state index contributed by atoms with van der Waals surface area (Å²) in [5, 5.41) is 5.40. The van der Waals surface area contributed by atoms with Gasteiger partial charge in [0.2, 0.25) is 11.8 Å². The molecular weight excluding hydrogens is 498 g/mol. The molecule has 3 atom stereocenters. The summed E-state index contributed by atoms with van der Waals surface area (Å²) in [5.41, 5.74) is 0.987. The quantitative estimate of drug-likeness (QED) is 0.238. The van der Waals surface area contributed by atoms with Crippen molar-refractivity contribution in [2.75, 3.05) is 20.2 Å².